The highest BCUT2D eigenvalue weighted by Crippen LogP contribution is 2.01. The Balaban J connectivity index is 3.35. The second kappa shape index (κ2) is 9.69. The Morgan fingerprint density at radius 3 is 2.59 bits per heavy atom. The summed E-state index contributed by atoms with van der Waals surface area (Å²) < 4.78 is 4.84. The maximum Gasteiger partial charge on any atom is 0.407 e. The average molecular weight is 242 g/mol. The number of nitrogens with one attached hydrogen (secondary N) is 2. The van der Waals surface area contributed by atoms with E-state index in [0.29, 0.717) is 19.0 Å². The predicted molar refractivity (Wildman–Crippen MR) is 66.6 cm³/mol. The number of hydrogen-bond donors (Lipinski definition) is 2. The summed E-state index contributed by atoms with van der Waals surface area (Å²) in [6.07, 6.45) is 2.75. The van der Waals surface area contributed by atoms with E-state index in [9.17, 15) is 9.59 Å². The zero-order chi connectivity index (χ0) is 13.1. The zero-order valence-corrected chi connectivity index (χ0v) is 10.6. The monoisotopic (exact) mass is 242 g/mol. The number of hydrogen-bond acceptors (Lipinski definition) is 3. The second-order valence-electron chi connectivity index (χ2n) is 4.09. The van der Waals surface area contributed by atoms with Gasteiger partial charge in [0.05, 0.1) is 6.54 Å². The summed E-state index contributed by atoms with van der Waals surface area (Å²) in [5.74, 6) is 0.368. The van der Waals surface area contributed by atoms with Crippen molar-refractivity contribution in [3.63, 3.8) is 0 Å². The summed E-state index contributed by atoms with van der Waals surface area (Å²) in [7, 11) is 0. The molecule has 5 nitrogen and oxygen atoms in total. The molecule has 2 N–H and O–H groups in total. The summed E-state index contributed by atoms with van der Waals surface area (Å²) in [4.78, 5) is 21.9. The van der Waals surface area contributed by atoms with E-state index in [4.69, 9.17) is 4.74 Å². The molecule has 0 aromatic rings. The molecule has 17 heavy (non-hydrogen) atoms. The number of amides is 2. The Bertz CT molecular complexity index is 252. The van der Waals surface area contributed by atoms with E-state index in [0.717, 1.165) is 12.8 Å². The molecule has 0 aromatic heterocycles. The summed E-state index contributed by atoms with van der Waals surface area (Å²) in [6.45, 7) is 8.66. The average Bonchev–Trinajstić information content (AvgIpc) is 2.29. The minimum atomic E-state index is -0.443. The van der Waals surface area contributed by atoms with Crippen LogP contribution in [0.3, 0.4) is 0 Å². The van der Waals surface area contributed by atoms with Crippen molar-refractivity contribution in [1.82, 2.24) is 10.6 Å². The molecular weight excluding hydrogens is 220 g/mol. The first-order valence-electron chi connectivity index (χ1n) is 5.87. The number of ether oxygens (including phenoxy) is 1. The van der Waals surface area contributed by atoms with Gasteiger partial charge in [-0.2, -0.15) is 0 Å². The lowest BCUT2D eigenvalue weighted by Gasteiger charge is -2.08. The summed E-state index contributed by atoms with van der Waals surface area (Å²) in [6, 6.07) is 0. The molecule has 0 saturated carbocycles. The Morgan fingerprint density at radius 2 is 2.00 bits per heavy atom. The third kappa shape index (κ3) is 10.8. The molecule has 0 saturated heterocycles. The first-order valence-corrected chi connectivity index (χ1v) is 5.87. The van der Waals surface area contributed by atoms with Crippen LogP contribution in [-0.2, 0) is 9.53 Å². The van der Waals surface area contributed by atoms with Crippen molar-refractivity contribution < 1.29 is 14.3 Å². The van der Waals surface area contributed by atoms with E-state index in [2.05, 4.69) is 31.1 Å². The van der Waals surface area contributed by atoms with Crippen molar-refractivity contribution in [1.29, 1.82) is 0 Å². The van der Waals surface area contributed by atoms with Crippen molar-refractivity contribution in [2.24, 2.45) is 5.92 Å². The Kier molecular flexibility index (Phi) is 8.82. The lowest BCUT2D eigenvalue weighted by Crippen LogP contribution is -2.30. The van der Waals surface area contributed by atoms with Gasteiger partial charge < -0.3 is 15.4 Å². The molecule has 98 valence electrons. The molecule has 0 spiro atoms. The van der Waals surface area contributed by atoms with Gasteiger partial charge >= 0.3 is 6.09 Å². The topological polar surface area (TPSA) is 67.4 Å². The van der Waals surface area contributed by atoms with Crippen LogP contribution in [0.25, 0.3) is 0 Å². The molecule has 0 bridgehead atoms. The molecule has 0 unspecified atom stereocenters. The van der Waals surface area contributed by atoms with Crippen LogP contribution in [0.1, 0.15) is 26.7 Å². The van der Waals surface area contributed by atoms with E-state index in [1.165, 1.54) is 6.08 Å². The molecule has 0 aliphatic rings. The molecule has 0 fully saturated rings. The smallest absolute Gasteiger partial charge is 0.407 e. The van der Waals surface area contributed by atoms with Crippen LogP contribution in [0.2, 0.25) is 0 Å². The lowest BCUT2D eigenvalue weighted by molar-refractivity contribution is -0.116. The molecular formula is C12H22N2O3. The van der Waals surface area contributed by atoms with Crippen LogP contribution in [0.15, 0.2) is 12.7 Å². The van der Waals surface area contributed by atoms with Crippen LogP contribution in [0.4, 0.5) is 4.79 Å². The fraction of sp³-hybridized carbons (Fsp3) is 0.667. The zero-order valence-electron chi connectivity index (χ0n) is 10.6. The van der Waals surface area contributed by atoms with Gasteiger partial charge in [-0.15, -0.1) is 0 Å². The minimum absolute atomic E-state index is 0.162. The molecule has 0 radical (unpaired) electrons. The van der Waals surface area contributed by atoms with Crippen molar-refractivity contribution in [3.05, 3.63) is 12.7 Å². The largest absolute Gasteiger partial charge is 0.448 e. The highest BCUT2D eigenvalue weighted by Gasteiger charge is 2.01. The highest BCUT2D eigenvalue weighted by atomic mass is 16.5. The molecule has 0 aliphatic carbocycles. The first-order chi connectivity index (χ1) is 8.06. The van der Waals surface area contributed by atoms with Crippen molar-refractivity contribution in [2.75, 3.05) is 19.7 Å². The number of alkyl carbamates (subject to hydrolysis) is 1. The van der Waals surface area contributed by atoms with E-state index in [-0.39, 0.29) is 12.5 Å². The Morgan fingerprint density at radius 1 is 1.29 bits per heavy atom. The lowest BCUT2D eigenvalue weighted by atomic mass is 10.1. The maximum atomic E-state index is 11.1. The van der Waals surface area contributed by atoms with E-state index < -0.39 is 6.09 Å². The highest BCUT2D eigenvalue weighted by molar-refractivity contribution is 5.86. The van der Waals surface area contributed by atoms with Crippen LogP contribution in [-0.4, -0.2) is 31.7 Å². The predicted octanol–water partition coefficient (Wildman–Crippen LogP) is 1.45. The Hall–Kier alpha value is -1.52. The van der Waals surface area contributed by atoms with Gasteiger partial charge in [-0.3, -0.25) is 4.79 Å². The number of rotatable bonds is 8. The van der Waals surface area contributed by atoms with Gasteiger partial charge in [0.25, 0.3) is 0 Å². The first kappa shape index (κ1) is 15.5. The standard InChI is InChI=1S/C12H22N2O3/c1-4-11(15)13-8-9-17-12(16)14-7-5-6-10(2)3/h4,10H,1,5-9H2,2-3H3,(H,13,15)(H,14,16). The SMILES string of the molecule is C=CC(=O)NCCOC(=O)NCCCC(C)C. The quantitative estimate of drug-likeness (QED) is 0.500. The van der Waals surface area contributed by atoms with Gasteiger partial charge in [-0.25, -0.2) is 4.79 Å². The molecule has 0 atom stereocenters. The molecule has 2 amide bonds. The van der Waals surface area contributed by atoms with Gasteiger partial charge in [-0.05, 0) is 24.8 Å². The van der Waals surface area contributed by atoms with Crippen LogP contribution >= 0.6 is 0 Å². The summed E-state index contributed by atoms with van der Waals surface area (Å²) in [5, 5.41) is 5.15. The molecule has 0 heterocycles. The molecule has 5 heteroatoms. The fourth-order valence-corrected chi connectivity index (χ4v) is 1.14. The van der Waals surface area contributed by atoms with Crippen molar-refractivity contribution >= 4 is 12.0 Å². The molecule has 0 aliphatic heterocycles. The summed E-state index contributed by atoms with van der Waals surface area (Å²) >= 11 is 0. The molecule has 0 aromatic carbocycles. The second-order valence-corrected chi connectivity index (χ2v) is 4.09. The van der Waals surface area contributed by atoms with E-state index in [1.807, 2.05) is 0 Å². The number of carbonyl (C=O) groups excluding carboxylic acids is 2. The van der Waals surface area contributed by atoms with Crippen molar-refractivity contribution in [2.45, 2.75) is 26.7 Å². The molecule has 0 rings (SSSR count). The van der Waals surface area contributed by atoms with Gasteiger partial charge in [-0.1, -0.05) is 20.4 Å². The third-order valence-corrected chi connectivity index (χ3v) is 2.05. The van der Waals surface area contributed by atoms with E-state index >= 15 is 0 Å². The maximum absolute atomic E-state index is 11.1. The summed E-state index contributed by atoms with van der Waals surface area (Å²) in [5.41, 5.74) is 0. The fourth-order valence-electron chi connectivity index (χ4n) is 1.14. The number of carbonyl (C=O) groups is 2. The van der Waals surface area contributed by atoms with Gasteiger partial charge in [0.1, 0.15) is 6.61 Å². The van der Waals surface area contributed by atoms with Crippen molar-refractivity contribution in [3.8, 4) is 0 Å². The van der Waals surface area contributed by atoms with Gasteiger partial charge in [0.2, 0.25) is 5.91 Å². The Labute approximate surface area is 103 Å². The van der Waals surface area contributed by atoms with Gasteiger partial charge in [0, 0.05) is 6.54 Å². The van der Waals surface area contributed by atoms with Crippen LogP contribution in [0, 0.1) is 5.92 Å². The normalized spacial score (nSPS) is 9.82. The minimum Gasteiger partial charge on any atom is -0.448 e. The van der Waals surface area contributed by atoms with Crippen LogP contribution in [0.5, 0.6) is 0 Å². The van der Waals surface area contributed by atoms with E-state index in [1.54, 1.807) is 0 Å². The van der Waals surface area contributed by atoms with Crippen LogP contribution < -0.4 is 10.6 Å². The van der Waals surface area contributed by atoms with Gasteiger partial charge in [0.15, 0.2) is 0 Å². The third-order valence-electron chi connectivity index (χ3n) is 2.05.